The summed E-state index contributed by atoms with van der Waals surface area (Å²) < 4.78 is 0. The van der Waals surface area contributed by atoms with Crippen LogP contribution in [0.15, 0.2) is 35.4 Å². The molecule has 1 unspecified atom stereocenters. The Morgan fingerprint density at radius 2 is 2.00 bits per heavy atom. The van der Waals surface area contributed by atoms with Crippen molar-refractivity contribution in [3.05, 3.63) is 35.9 Å². The van der Waals surface area contributed by atoms with E-state index in [0.29, 0.717) is 24.5 Å². The minimum atomic E-state index is -0.157. The van der Waals surface area contributed by atoms with Gasteiger partial charge < -0.3 is 5.32 Å². The fourth-order valence-corrected chi connectivity index (χ4v) is 2.62. The highest BCUT2D eigenvalue weighted by Gasteiger charge is 2.34. The van der Waals surface area contributed by atoms with Crippen LogP contribution in [0.5, 0.6) is 0 Å². The zero-order chi connectivity index (χ0) is 14.8. The van der Waals surface area contributed by atoms with E-state index in [0.717, 1.165) is 18.4 Å². The maximum Gasteiger partial charge on any atom is 0.267 e. The number of nitrogens with one attached hydrogen (secondary N) is 1. The molecule has 0 saturated heterocycles. The minimum Gasteiger partial charge on any atom is -0.344 e. The Labute approximate surface area is 124 Å². The molecule has 5 heteroatoms. The molecule has 1 aromatic carbocycles. The number of amides is 2. The van der Waals surface area contributed by atoms with E-state index < -0.39 is 0 Å². The van der Waals surface area contributed by atoms with Gasteiger partial charge in [0.25, 0.3) is 5.91 Å². The minimum absolute atomic E-state index is 0.0457. The zero-order valence-corrected chi connectivity index (χ0v) is 12.1. The molecule has 1 atom stereocenters. The van der Waals surface area contributed by atoms with Gasteiger partial charge in [0.1, 0.15) is 5.71 Å². The molecule has 1 aliphatic carbocycles. The predicted molar refractivity (Wildman–Crippen MR) is 79.5 cm³/mol. The van der Waals surface area contributed by atoms with Crippen LogP contribution in [0, 0.1) is 5.92 Å². The van der Waals surface area contributed by atoms with Gasteiger partial charge in [-0.25, -0.2) is 5.01 Å². The fraction of sp³-hybridized carbons (Fsp3) is 0.438. The standard InChI is InChI=1S/C16H19N3O2/c1-19-14(20)10-9-13(18-19)16(21)17-15(12-7-8-12)11-5-3-2-4-6-11/h2-6,12,15H,7-10H2,1H3,(H,17,21). The van der Waals surface area contributed by atoms with Gasteiger partial charge in [0, 0.05) is 19.9 Å². The van der Waals surface area contributed by atoms with E-state index in [1.54, 1.807) is 7.05 Å². The topological polar surface area (TPSA) is 61.8 Å². The van der Waals surface area contributed by atoms with Crippen molar-refractivity contribution in [1.82, 2.24) is 10.3 Å². The largest absolute Gasteiger partial charge is 0.344 e. The summed E-state index contributed by atoms with van der Waals surface area (Å²) in [7, 11) is 1.59. The number of carbonyl (C=O) groups excluding carboxylic acids is 2. The third-order valence-corrected chi connectivity index (χ3v) is 4.01. The molecule has 21 heavy (non-hydrogen) atoms. The molecular weight excluding hydrogens is 266 g/mol. The Balaban J connectivity index is 1.73. The quantitative estimate of drug-likeness (QED) is 0.918. The second-order valence-corrected chi connectivity index (χ2v) is 5.66. The van der Waals surface area contributed by atoms with Gasteiger partial charge in [-0.1, -0.05) is 30.3 Å². The van der Waals surface area contributed by atoms with Crippen molar-refractivity contribution in [1.29, 1.82) is 0 Å². The maximum atomic E-state index is 12.4. The number of hydrogen-bond donors (Lipinski definition) is 1. The summed E-state index contributed by atoms with van der Waals surface area (Å²) in [6.07, 6.45) is 3.05. The van der Waals surface area contributed by atoms with E-state index in [9.17, 15) is 9.59 Å². The molecule has 1 saturated carbocycles. The molecule has 1 aliphatic heterocycles. The molecule has 110 valence electrons. The molecule has 2 amide bonds. The van der Waals surface area contributed by atoms with Crippen molar-refractivity contribution in [2.24, 2.45) is 11.0 Å². The third-order valence-electron chi connectivity index (χ3n) is 4.01. The van der Waals surface area contributed by atoms with E-state index in [2.05, 4.69) is 10.4 Å². The Bertz CT molecular complexity index is 578. The molecule has 1 fully saturated rings. The molecule has 3 rings (SSSR count). The Hall–Kier alpha value is -2.17. The second kappa shape index (κ2) is 5.68. The third kappa shape index (κ3) is 3.12. The smallest absolute Gasteiger partial charge is 0.267 e. The van der Waals surface area contributed by atoms with E-state index in [4.69, 9.17) is 0 Å². The molecule has 0 radical (unpaired) electrons. The highest BCUT2D eigenvalue weighted by Crippen LogP contribution is 2.40. The van der Waals surface area contributed by atoms with Crippen molar-refractivity contribution in [3.8, 4) is 0 Å². The van der Waals surface area contributed by atoms with Gasteiger partial charge in [0.2, 0.25) is 5.91 Å². The summed E-state index contributed by atoms with van der Waals surface area (Å²) in [5.74, 6) is 0.309. The first-order chi connectivity index (χ1) is 10.1. The summed E-state index contributed by atoms with van der Waals surface area (Å²) in [6, 6.07) is 10.1. The van der Waals surface area contributed by atoms with Crippen LogP contribution in [0.4, 0.5) is 0 Å². The van der Waals surface area contributed by atoms with Crippen LogP contribution in [-0.2, 0) is 9.59 Å². The van der Waals surface area contributed by atoms with Gasteiger partial charge in [-0.15, -0.1) is 0 Å². The first kappa shape index (κ1) is 13.8. The van der Waals surface area contributed by atoms with Crippen molar-refractivity contribution < 1.29 is 9.59 Å². The molecule has 2 aliphatic rings. The lowest BCUT2D eigenvalue weighted by atomic mass is 10.0. The van der Waals surface area contributed by atoms with Crippen LogP contribution in [-0.4, -0.2) is 29.6 Å². The number of carbonyl (C=O) groups is 2. The lowest BCUT2D eigenvalue weighted by Crippen LogP contribution is -2.39. The normalized spacial score (nSPS) is 20.0. The average molecular weight is 285 g/mol. The highest BCUT2D eigenvalue weighted by atomic mass is 16.2. The molecule has 5 nitrogen and oxygen atoms in total. The lowest BCUT2D eigenvalue weighted by Gasteiger charge is -2.22. The predicted octanol–water partition coefficient (Wildman–Crippen LogP) is 1.86. The average Bonchev–Trinajstić information content (AvgIpc) is 3.33. The van der Waals surface area contributed by atoms with Gasteiger partial charge >= 0.3 is 0 Å². The van der Waals surface area contributed by atoms with Crippen molar-refractivity contribution in [3.63, 3.8) is 0 Å². The van der Waals surface area contributed by atoms with Crippen molar-refractivity contribution >= 4 is 17.5 Å². The zero-order valence-electron chi connectivity index (χ0n) is 12.1. The first-order valence-corrected chi connectivity index (χ1v) is 7.35. The SMILES string of the molecule is CN1N=C(C(=O)NC(c2ccccc2)C2CC2)CCC1=O. The van der Waals surface area contributed by atoms with Gasteiger partial charge in [-0.2, -0.15) is 5.10 Å². The molecule has 1 heterocycles. The number of nitrogens with zero attached hydrogens (tertiary/aromatic N) is 2. The summed E-state index contributed by atoms with van der Waals surface area (Å²) in [5, 5.41) is 8.43. The van der Waals surface area contributed by atoms with Crippen LogP contribution in [0.1, 0.15) is 37.3 Å². The summed E-state index contributed by atoms with van der Waals surface area (Å²) in [5.41, 5.74) is 1.58. The van der Waals surface area contributed by atoms with Crippen LogP contribution in [0.25, 0.3) is 0 Å². The van der Waals surface area contributed by atoms with Crippen LogP contribution < -0.4 is 5.32 Å². The molecule has 0 aromatic heterocycles. The molecular formula is C16H19N3O2. The first-order valence-electron chi connectivity index (χ1n) is 7.35. The van der Waals surface area contributed by atoms with E-state index in [1.165, 1.54) is 5.01 Å². The van der Waals surface area contributed by atoms with Crippen molar-refractivity contribution in [2.75, 3.05) is 7.05 Å². The second-order valence-electron chi connectivity index (χ2n) is 5.66. The van der Waals surface area contributed by atoms with Crippen molar-refractivity contribution in [2.45, 2.75) is 31.7 Å². The molecule has 1 N–H and O–H groups in total. The molecule has 1 aromatic rings. The Morgan fingerprint density at radius 3 is 2.62 bits per heavy atom. The van der Waals surface area contributed by atoms with Crippen LogP contribution in [0.2, 0.25) is 0 Å². The number of rotatable bonds is 4. The maximum absolute atomic E-state index is 12.4. The van der Waals surface area contributed by atoms with E-state index in [-0.39, 0.29) is 17.9 Å². The molecule has 0 spiro atoms. The number of benzene rings is 1. The van der Waals surface area contributed by atoms with Gasteiger partial charge in [0.05, 0.1) is 6.04 Å². The summed E-state index contributed by atoms with van der Waals surface area (Å²) in [6.45, 7) is 0. The van der Waals surface area contributed by atoms with Gasteiger partial charge in [-0.3, -0.25) is 9.59 Å². The number of hydrogen-bond acceptors (Lipinski definition) is 3. The molecule has 0 bridgehead atoms. The summed E-state index contributed by atoms with van der Waals surface area (Å²) in [4.78, 5) is 23.8. The number of hydrazone groups is 1. The Morgan fingerprint density at radius 1 is 1.29 bits per heavy atom. The monoisotopic (exact) mass is 285 g/mol. The fourth-order valence-electron chi connectivity index (χ4n) is 2.62. The summed E-state index contributed by atoms with van der Waals surface area (Å²) >= 11 is 0. The van der Waals surface area contributed by atoms with E-state index >= 15 is 0 Å². The highest BCUT2D eigenvalue weighted by molar-refractivity contribution is 6.39. The lowest BCUT2D eigenvalue weighted by molar-refractivity contribution is -0.130. The Kier molecular flexibility index (Phi) is 3.73. The van der Waals surface area contributed by atoms with Gasteiger partial charge in [-0.05, 0) is 24.3 Å². The van der Waals surface area contributed by atoms with Gasteiger partial charge in [0.15, 0.2) is 0 Å². The van der Waals surface area contributed by atoms with Crippen LogP contribution in [0.3, 0.4) is 0 Å². The van der Waals surface area contributed by atoms with Crippen LogP contribution >= 0.6 is 0 Å². The van der Waals surface area contributed by atoms with E-state index in [1.807, 2.05) is 30.3 Å².